The molecule has 0 atom stereocenters. The van der Waals surface area contributed by atoms with E-state index in [0.717, 1.165) is 0 Å². The number of amides is 1. The maximum absolute atomic E-state index is 13.0. The Balaban J connectivity index is 1.67. The van der Waals surface area contributed by atoms with Crippen LogP contribution < -0.4 is 5.32 Å². The van der Waals surface area contributed by atoms with E-state index in [1.807, 2.05) is 0 Å². The molecule has 2 heterocycles. The van der Waals surface area contributed by atoms with Gasteiger partial charge in [0.2, 0.25) is 0 Å². The topological polar surface area (TPSA) is 51.2 Å². The quantitative estimate of drug-likeness (QED) is 0.859. The number of benzene rings is 1. The van der Waals surface area contributed by atoms with E-state index < -0.39 is 0 Å². The number of carbonyl (C=O) groups is 1. The van der Waals surface area contributed by atoms with Crippen LogP contribution in [0.2, 0.25) is 0 Å². The summed E-state index contributed by atoms with van der Waals surface area (Å²) in [5.74, 6) is 5.19. The molecular weight excluding hydrogens is 283 g/mol. The molecule has 1 aliphatic rings. The molecule has 1 N–H and O–H groups in total. The van der Waals surface area contributed by atoms with E-state index in [1.54, 1.807) is 24.3 Å². The van der Waals surface area contributed by atoms with Crippen molar-refractivity contribution in [3.05, 3.63) is 65.2 Å². The molecule has 1 fully saturated rings. The average Bonchev–Trinajstić information content (AvgIpc) is 2.49. The van der Waals surface area contributed by atoms with E-state index >= 15 is 0 Å². The van der Waals surface area contributed by atoms with Crippen LogP contribution in [-0.4, -0.2) is 30.1 Å². The van der Waals surface area contributed by atoms with Gasteiger partial charge in [-0.1, -0.05) is 17.9 Å². The average molecular weight is 296 g/mol. The molecule has 0 unspecified atom stereocenters. The minimum atomic E-state index is -0.322. The maximum atomic E-state index is 13.0. The van der Waals surface area contributed by atoms with Crippen molar-refractivity contribution >= 4 is 5.91 Å². The zero-order valence-electron chi connectivity index (χ0n) is 11.7. The van der Waals surface area contributed by atoms with E-state index in [2.05, 4.69) is 22.1 Å². The standard InChI is InChI=1S/C17H13FN2O2/c18-14-3-1-2-12(8-14)4-5-13-6-7-16(19-9-13)17(21)20-15-10-22-11-15/h1-3,6-9,15H,10-11H2,(H,20,21). The van der Waals surface area contributed by atoms with Crippen LogP contribution >= 0.6 is 0 Å². The fraction of sp³-hybridized carbons (Fsp3) is 0.176. The molecule has 1 amide bonds. The lowest BCUT2D eigenvalue weighted by atomic mass is 10.2. The van der Waals surface area contributed by atoms with E-state index in [1.165, 1.54) is 18.3 Å². The molecule has 1 saturated heterocycles. The highest BCUT2D eigenvalue weighted by Crippen LogP contribution is 2.05. The Kier molecular flexibility index (Phi) is 4.12. The number of rotatable bonds is 2. The van der Waals surface area contributed by atoms with Gasteiger partial charge in [0, 0.05) is 17.3 Å². The summed E-state index contributed by atoms with van der Waals surface area (Å²) < 4.78 is 18.0. The first kappa shape index (κ1) is 14.2. The SMILES string of the molecule is O=C(NC1COC1)c1ccc(C#Cc2cccc(F)c2)cn1. The number of carbonyl (C=O) groups excluding carboxylic acids is 1. The number of hydrogen-bond acceptors (Lipinski definition) is 3. The minimum Gasteiger partial charge on any atom is -0.377 e. The predicted octanol–water partition coefficient (Wildman–Crippen LogP) is 1.75. The van der Waals surface area contributed by atoms with Crippen LogP contribution in [-0.2, 0) is 4.74 Å². The summed E-state index contributed by atoms with van der Waals surface area (Å²) in [6.45, 7) is 1.09. The molecule has 4 nitrogen and oxygen atoms in total. The Morgan fingerprint density at radius 3 is 2.68 bits per heavy atom. The Morgan fingerprint density at radius 1 is 1.23 bits per heavy atom. The Hall–Kier alpha value is -2.71. The zero-order chi connectivity index (χ0) is 15.4. The second-order valence-electron chi connectivity index (χ2n) is 4.90. The summed E-state index contributed by atoms with van der Waals surface area (Å²) in [5, 5.41) is 2.81. The van der Waals surface area contributed by atoms with Crippen molar-refractivity contribution in [1.29, 1.82) is 0 Å². The number of hydrogen-bond donors (Lipinski definition) is 1. The van der Waals surface area contributed by atoms with Gasteiger partial charge < -0.3 is 10.1 Å². The number of halogens is 1. The van der Waals surface area contributed by atoms with Crippen molar-refractivity contribution in [2.24, 2.45) is 0 Å². The lowest BCUT2D eigenvalue weighted by Crippen LogP contribution is -2.48. The third-order valence-corrected chi connectivity index (χ3v) is 3.15. The second kappa shape index (κ2) is 6.37. The molecule has 3 rings (SSSR count). The molecule has 110 valence electrons. The largest absolute Gasteiger partial charge is 0.377 e. The summed E-state index contributed by atoms with van der Waals surface area (Å²) in [4.78, 5) is 16.0. The van der Waals surface area contributed by atoms with Crippen molar-refractivity contribution in [3.8, 4) is 11.8 Å². The van der Waals surface area contributed by atoms with Crippen LogP contribution in [0.1, 0.15) is 21.6 Å². The summed E-state index contributed by atoms with van der Waals surface area (Å²) in [7, 11) is 0. The molecule has 0 radical (unpaired) electrons. The van der Waals surface area contributed by atoms with Crippen molar-refractivity contribution in [2.45, 2.75) is 6.04 Å². The van der Waals surface area contributed by atoms with Gasteiger partial charge in [0.25, 0.3) is 5.91 Å². The maximum Gasteiger partial charge on any atom is 0.270 e. The van der Waals surface area contributed by atoms with E-state index in [9.17, 15) is 9.18 Å². The molecule has 2 aromatic rings. The van der Waals surface area contributed by atoms with Gasteiger partial charge in [-0.2, -0.15) is 0 Å². The first-order chi connectivity index (χ1) is 10.7. The Bertz CT molecular complexity index is 743. The van der Waals surface area contributed by atoms with Crippen LogP contribution in [0.15, 0.2) is 42.6 Å². The molecule has 0 spiro atoms. The molecule has 1 aliphatic heterocycles. The van der Waals surface area contributed by atoms with Gasteiger partial charge in [0.1, 0.15) is 11.5 Å². The normalized spacial score (nSPS) is 13.7. The van der Waals surface area contributed by atoms with Gasteiger partial charge >= 0.3 is 0 Å². The first-order valence-electron chi connectivity index (χ1n) is 6.83. The molecule has 5 heteroatoms. The molecule has 0 saturated carbocycles. The number of nitrogens with one attached hydrogen (secondary N) is 1. The van der Waals surface area contributed by atoms with Gasteiger partial charge in [0.15, 0.2) is 0 Å². The monoisotopic (exact) mass is 296 g/mol. The summed E-state index contributed by atoms with van der Waals surface area (Å²) >= 11 is 0. The molecule has 1 aromatic carbocycles. The first-order valence-corrected chi connectivity index (χ1v) is 6.83. The number of ether oxygens (including phenoxy) is 1. The van der Waals surface area contributed by atoms with Crippen molar-refractivity contribution in [1.82, 2.24) is 10.3 Å². The number of aromatic nitrogens is 1. The fourth-order valence-electron chi connectivity index (χ4n) is 1.89. The highest BCUT2D eigenvalue weighted by Gasteiger charge is 2.21. The Labute approximate surface area is 127 Å². The minimum absolute atomic E-state index is 0.0711. The third kappa shape index (κ3) is 3.48. The molecular formula is C17H13FN2O2. The highest BCUT2D eigenvalue weighted by molar-refractivity contribution is 5.92. The number of pyridine rings is 1. The van der Waals surface area contributed by atoms with Crippen molar-refractivity contribution in [3.63, 3.8) is 0 Å². The van der Waals surface area contributed by atoms with Gasteiger partial charge in [-0.25, -0.2) is 9.37 Å². The van der Waals surface area contributed by atoms with Crippen molar-refractivity contribution < 1.29 is 13.9 Å². The third-order valence-electron chi connectivity index (χ3n) is 3.15. The van der Waals surface area contributed by atoms with Crippen LogP contribution in [0, 0.1) is 17.7 Å². The van der Waals surface area contributed by atoms with E-state index in [-0.39, 0.29) is 17.8 Å². The van der Waals surface area contributed by atoms with E-state index in [4.69, 9.17) is 4.74 Å². The van der Waals surface area contributed by atoms with Gasteiger partial charge in [0.05, 0.1) is 19.3 Å². The fourth-order valence-corrected chi connectivity index (χ4v) is 1.89. The summed E-state index contributed by atoms with van der Waals surface area (Å²) in [6.07, 6.45) is 1.53. The van der Waals surface area contributed by atoms with Crippen LogP contribution in [0.4, 0.5) is 4.39 Å². The van der Waals surface area contributed by atoms with Crippen LogP contribution in [0.5, 0.6) is 0 Å². The zero-order valence-corrected chi connectivity index (χ0v) is 11.7. The van der Waals surface area contributed by atoms with Gasteiger partial charge in [-0.3, -0.25) is 4.79 Å². The van der Waals surface area contributed by atoms with Crippen LogP contribution in [0.25, 0.3) is 0 Å². The van der Waals surface area contributed by atoms with Gasteiger partial charge in [-0.15, -0.1) is 0 Å². The Morgan fingerprint density at radius 2 is 2.05 bits per heavy atom. The predicted molar refractivity (Wildman–Crippen MR) is 78.7 cm³/mol. The van der Waals surface area contributed by atoms with E-state index in [0.29, 0.717) is 30.0 Å². The highest BCUT2D eigenvalue weighted by atomic mass is 19.1. The molecule has 22 heavy (non-hydrogen) atoms. The molecule has 1 aromatic heterocycles. The summed E-state index contributed by atoms with van der Waals surface area (Å²) in [5.41, 5.74) is 1.59. The van der Waals surface area contributed by atoms with Crippen LogP contribution in [0.3, 0.4) is 0 Å². The second-order valence-corrected chi connectivity index (χ2v) is 4.90. The lowest BCUT2D eigenvalue weighted by Gasteiger charge is -2.26. The molecule has 0 aliphatic carbocycles. The lowest BCUT2D eigenvalue weighted by molar-refractivity contribution is -0.00354. The number of nitrogens with zero attached hydrogens (tertiary/aromatic N) is 1. The molecule has 0 bridgehead atoms. The van der Waals surface area contributed by atoms with Crippen molar-refractivity contribution in [2.75, 3.05) is 13.2 Å². The smallest absolute Gasteiger partial charge is 0.270 e. The van der Waals surface area contributed by atoms with Gasteiger partial charge in [-0.05, 0) is 30.3 Å². The summed E-state index contributed by atoms with van der Waals surface area (Å²) in [6, 6.07) is 9.47.